The number of halogens is 1. The predicted octanol–water partition coefficient (Wildman–Crippen LogP) is 1.84. The highest BCUT2D eigenvalue weighted by Gasteiger charge is 2.18. The molecular formula is C14H15BrN2O2. The molecule has 0 aromatic heterocycles. The molecule has 0 heterocycles. The fourth-order valence-electron chi connectivity index (χ4n) is 1.57. The highest BCUT2D eigenvalue weighted by atomic mass is 79.9. The van der Waals surface area contributed by atoms with Gasteiger partial charge in [0.1, 0.15) is 6.04 Å². The first-order valence-electron chi connectivity index (χ1n) is 5.84. The zero-order valence-corrected chi connectivity index (χ0v) is 11.9. The Morgan fingerprint density at radius 3 is 2.79 bits per heavy atom. The Labute approximate surface area is 120 Å². The normalized spacial score (nSPS) is 11.4. The number of rotatable bonds is 6. The lowest BCUT2D eigenvalue weighted by Gasteiger charge is -2.15. The molecular weight excluding hydrogens is 308 g/mol. The van der Waals surface area contributed by atoms with Gasteiger partial charge in [-0.2, -0.15) is 0 Å². The van der Waals surface area contributed by atoms with Crippen molar-refractivity contribution in [2.24, 2.45) is 5.73 Å². The van der Waals surface area contributed by atoms with Gasteiger partial charge >= 0.3 is 0 Å². The van der Waals surface area contributed by atoms with E-state index in [4.69, 9.17) is 12.2 Å². The highest BCUT2D eigenvalue weighted by molar-refractivity contribution is 9.10. The van der Waals surface area contributed by atoms with Gasteiger partial charge in [-0.25, -0.2) is 0 Å². The fraction of sp³-hybridized carbons (Fsp3) is 0.286. The van der Waals surface area contributed by atoms with Crippen LogP contribution in [0.1, 0.15) is 29.6 Å². The molecule has 0 saturated heterocycles. The van der Waals surface area contributed by atoms with E-state index in [-0.39, 0.29) is 5.91 Å². The Bertz CT molecular complexity index is 508. The highest BCUT2D eigenvalue weighted by Crippen LogP contribution is 2.12. The molecule has 0 bridgehead atoms. The average Bonchev–Trinajstić information content (AvgIpc) is 2.37. The minimum atomic E-state index is -0.695. The third-order valence-electron chi connectivity index (χ3n) is 2.55. The molecule has 1 aromatic rings. The van der Waals surface area contributed by atoms with E-state index in [0.29, 0.717) is 24.8 Å². The Morgan fingerprint density at radius 2 is 2.21 bits per heavy atom. The van der Waals surface area contributed by atoms with Crippen molar-refractivity contribution in [2.75, 3.05) is 0 Å². The van der Waals surface area contributed by atoms with Gasteiger partial charge in [-0.05, 0) is 31.0 Å². The molecule has 4 nitrogen and oxygen atoms in total. The minimum Gasteiger partial charge on any atom is -0.368 e. The van der Waals surface area contributed by atoms with E-state index >= 15 is 0 Å². The van der Waals surface area contributed by atoms with Crippen molar-refractivity contribution in [1.29, 1.82) is 0 Å². The van der Waals surface area contributed by atoms with Gasteiger partial charge in [-0.1, -0.05) is 22.0 Å². The summed E-state index contributed by atoms with van der Waals surface area (Å²) in [7, 11) is 0. The summed E-state index contributed by atoms with van der Waals surface area (Å²) in [6.45, 7) is 0. The van der Waals surface area contributed by atoms with Crippen LogP contribution < -0.4 is 11.1 Å². The molecule has 1 rings (SSSR count). The van der Waals surface area contributed by atoms with Crippen LogP contribution in [0.5, 0.6) is 0 Å². The summed E-state index contributed by atoms with van der Waals surface area (Å²) in [5, 5.41) is 2.62. The maximum atomic E-state index is 12.0. The molecule has 0 saturated carbocycles. The molecule has 0 fully saturated rings. The first-order chi connectivity index (χ1) is 9.04. The quantitative estimate of drug-likeness (QED) is 0.619. The number of amides is 2. The zero-order chi connectivity index (χ0) is 14.3. The predicted molar refractivity (Wildman–Crippen MR) is 77.3 cm³/mol. The van der Waals surface area contributed by atoms with Crippen LogP contribution in [0, 0.1) is 12.3 Å². The molecule has 0 aliphatic carbocycles. The van der Waals surface area contributed by atoms with Gasteiger partial charge in [-0.3, -0.25) is 9.59 Å². The number of primary amides is 1. The lowest BCUT2D eigenvalue weighted by Crippen LogP contribution is -2.44. The van der Waals surface area contributed by atoms with Crippen molar-refractivity contribution in [2.45, 2.75) is 25.3 Å². The number of unbranched alkanes of at least 4 members (excludes halogenated alkanes) is 1. The maximum Gasteiger partial charge on any atom is 0.251 e. The van der Waals surface area contributed by atoms with Crippen LogP contribution in [0.2, 0.25) is 0 Å². The maximum absolute atomic E-state index is 12.0. The first-order valence-corrected chi connectivity index (χ1v) is 6.63. The average molecular weight is 323 g/mol. The molecule has 100 valence electrons. The van der Waals surface area contributed by atoms with Crippen LogP contribution in [-0.4, -0.2) is 17.9 Å². The first kappa shape index (κ1) is 15.3. The number of carbonyl (C=O) groups excluding carboxylic acids is 2. The molecule has 19 heavy (non-hydrogen) atoms. The number of terminal acetylenes is 1. The summed E-state index contributed by atoms with van der Waals surface area (Å²) in [5.41, 5.74) is 5.73. The number of nitrogens with two attached hydrogens (primary N) is 1. The third kappa shape index (κ3) is 5.14. The van der Waals surface area contributed by atoms with Crippen LogP contribution >= 0.6 is 15.9 Å². The summed E-state index contributed by atoms with van der Waals surface area (Å²) in [4.78, 5) is 23.2. The SMILES string of the molecule is C#CCCC[C@@H](NC(=O)c1cccc(Br)c1)C(N)=O. The number of hydrogen-bond acceptors (Lipinski definition) is 2. The molecule has 2 amide bonds. The summed E-state index contributed by atoms with van der Waals surface area (Å²) < 4.78 is 0.795. The van der Waals surface area contributed by atoms with Crippen molar-refractivity contribution >= 4 is 27.7 Å². The summed E-state index contributed by atoms with van der Waals surface area (Å²) in [6.07, 6.45) is 6.78. The smallest absolute Gasteiger partial charge is 0.251 e. The van der Waals surface area contributed by atoms with Crippen molar-refractivity contribution in [3.8, 4) is 12.3 Å². The molecule has 0 aliphatic heterocycles. The summed E-state index contributed by atoms with van der Waals surface area (Å²) in [5.74, 6) is 1.60. The largest absolute Gasteiger partial charge is 0.368 e. The van der Waals surface area contributed by atoms with Crippen LogP contribution in [-0.2, 0) is 4.79 Å². The monoisotopic (exact) mass is 322 g/mol. The number of nitrogens with one attached hydrogen (secondary N) is 1. The molecule has 0 aliphatic rings. The molecule has 1 atom stereocenters. The van der Waals surface area contributed by atoms with Crippen molar-refractivity contribution < 1.29 is 9.59 Å². The second-order valence-corrected chi connectivity index (χ2v) is 4.95. The van der Waals surface area contributed by atoms with E-state index in [9.17, 15) is 9.59 Å². The molecule has 1 aromatic carbocycles. The fourth-order valence-corrected chi connectivity index (χ4v) is 1.96. The third-order valence-corrected chi connectivity index (χ3v) is 3.04. The topological polar surface area (TPSA) is 72.2 Å². The van der Waals surface area contributed by atoms with Gasteiger partial charge in [0.15, 0.2) is 0 Å². The minimum absolute atomic E-state index is 0.328. The van der Waals surface area contributed by atoms with Crippen molar-refractivity contribution in [1.82, 2.24) is 5.32 Å². The molecule has 5 heteroatoms. The van der Waals surface area contributed by atoms with Crippen molar-refractivity contribution in [3.05, 3.63) is 34.3 Å². The van der Waals surface area contributed by atoms with Gasteiger partial charge in [0.05, 0.1) is 0 Å². The standard InChI is InChI=1S/C14H15BrN2O2/c1-2-3-4-8-12(13(16)18)17-14(19)10-6-5-7-11(15)9-10/h1,5-7,9,12H,3-4,8H2,(H2,16,18)(H,17,19)/t12-/m1/s1. The Balaban J connectivity index is 2.66. The Hall–Kier alpha value is -1.80. The summed E-state index contributed by atoms with van der Waals surface area (Å²) in [6, 6.07) is 6.21. The molecule has 0 unspecified atom stereocenters. The number of carbonyl (C=O) groups is 2. The second-order valence-electron chi connectivity index (χ2n) is 4.04. The van der Waals surface area contributed by atoms with E-state index in [2.05, 4.69) is 27.2 Å². The molecule has 3 N–H and O–H groups in total. The number of benzene rings is 1. The van der Waals surface area contributed by atoms with E-state index in [1.165, 1.54) is 0 Å². The van der Waals surface area contributed by atoms with Crippen LogP contribution in [0.15, 0.2) is 28.7 Å². The zero-order valence-electron chi connectivity index (χ0n) is 10.4. The van der Waals surface area contributed by atoms with Gasteiger partial charge < -0.3 is 11.1 Å². The van der Waals surface area contributed by atoms with E-state index < -0.39 is 11.9 Å². The lowest BCUT2D eigenvalue weighted by molar-refractivity contribution is -0.120. The van der Waals surface area contributed by atoms with E-state index in [0.717, 1.165) is 4.47 Å². The van der Waals surface area contributed by atoms with Gasteiger partial charge in [0.2, 0.25) is 5.91 Å². The number of hydrogen-bond donors (Lipinski definition) is 2. The van der Waals surface area contributed by atoms with Gasteiger partial charge in [0.25, 0.3) is 5.91 Å². The van der Waals surface area contributed by atoms with Crippen molar-refractivity contribution in [3.63, 3.8) is 0 Å². The summed E-state index contributed by atoms with van der Waals surface area (Å²) >= 11 is 3.28. The second kappa shape index (κ2) is 7.59. The Morgan fingerprint density at radius 1 is 1.47 bits per heavy atom. The molecule has 0 spiro atoms. The van der Waals surface area contributed by atoms with Crippen LogP contribution in [0.25, 0.3) is 0 Å². The van der Waals surface area contributed by atoms with E-state index in [1.807, 2.05) is 6.07 Å². The molecule has 0 radical (unpaired) electrons. The van der Waals surface area contributed by atoms with Gasteiger partial charge in [-0.15, -0.1) is 12.3 Å². The Kier molecular flexibility index (Phi) is 6.10. The lowest BCUT2D eigenvalue weighted by atomic mass is 10.1. The van der Waals surface area contributed by atoms with Crippen LogP contribution in [0.3, 0.4) is 0 Å². The van der Waals surface area contributed by atoms with Gasteiger partial charge in [0, 0.05) is 16.5 Å². The van der Waals surface area contributed by atoms with Crippen LogP contribution in [0.4, 0.5) is 0 Å². The van der Waals surface area contributed by atoms with E-state index in [1.54, 1.807) is 18.2 Å².